The molecule has 0 saturated heterocycles. The summed E-state index contributed by atoms with van der Waals surface area (Å²) < 4.78 is 26.0. The highest BCUT2D eigenvalue weighted by molar-refractivity contribution is 7.90. The number of rotatable bonds is 5. The average Bonchev–Trinajstić information content (AvgIpc) is 2.86. The molecule has 6 nitrogen and oxygen atoms in total. The highest BCUT2D eigenvalue weighted by Crippen LogP contribution is 2.17. The number of nitro groups is 1. The van der Waals surface area contributed by atoms with E-state index in [0.29, 0.717) is 5.69 Å². The number of hydrogen-bond donors (Lipinski definition) is 0. The molecule has 0 aliphatic heterocycles. The lowest BCUT2D eigenvalue weighted by Crippen LogP contribution is -2.16. The van der Waals surface area contributed by atoms with Gasteiger partial charge >= 0.3 is 0 Å². The van der Waals surface area contributed by atoms with Crippen molar-refractivity contribution in [2.75, 3.05) is 6.54 Å². The van der Waals surface area contributed by atoms with Gasteiger partial charge in [0.2, 0.25) is 6.54 Å². The molecule has 0 saturated carbocycles. The molecule has 0 unspecified atom stereocenters. The van der Waals surface area contributed by atoms with Crippen molar-refractivity contribution in [3.05, 3.63) is 64.0 Å². The summed E-state index contributed by atoms with van der Waals surface area (Å²) >= 11 is 0. The maximum atomic E-state index is 12.5. The van der Waals surface area contributed by atoms with E-state index < -0.39 is 14.9 Å². The normalized spacial score (nSPS) is 11.4. The number of nitrogens with zero attached hydrogens (tertiary/aromatic N) is 2. The summed E-state index contributed by atoms with van der Waals surface area (Å²) in [6, 6.07) is 9.64. The Kier molecular flexibility index (Phi) is 3.89. The van der Waals surface area contributed by atoms with Crippen LogP contribution in [0.5, 0.6) is 0 Å². The smallest absolute Gasteiger partial charge is 0.265 e. The van der Waals surface area contributed by atoms with Crippen LogP contribution < -0.4 is 0 Å². The second-order valence-electron chi connectivity index (χ2n) is 4.42. The molecule has 0 bridgehead atoms. The number of benzene rings is 1. The van der Waals surface area contributed by atoms with Crippen LogP contribution in [-0.4, -0.2) is 23.9 Å². The zero-order chi connectivity index (χ0) is 14.8. The molecule has 0 aliphatic carbocycles. The van der Waals surface area contributed by atoms with Crippen LogP contribution in [0.15, 0.2) is 47.5 Å². The van der Waals surface area contributed by atoms with Gasteiger partial charge in [0, 0.05) is 16.8 Å². The fourth-order valence-corrected chi connectivity index (χ4v) is 3.26. The molecule has 0 aliphatic rings. The van der Waals surface area contributed by atoms with Gasteiger partial charge in [0.05, 0.1) is 11.3 Å². The van der Waals surface area contributed by atoms with Crippen LogP contribution in [0.3, 0.4) is 0 Å². The highest BCUT2D eigenvalue weighted by Gasteiger charge is 2.19. The van der Waals surface area contributed by atoms with Gasteiger partial charge in [0.15, 0.2) is 0 Å². The quantitative estimate of drug-likeness (QED) is 0.622. The Morgan fingerprint density at radius 1 is 1.20 bits per heavy atom. The lowest BCUT2D eigenvalue weighted by atomic mass is 10.2. The maximum absolute atomic E-state index is 12.5. The topological polar surface area (TPSA) is 82.2 Å². The maximum Gasteiger partial charge on any atom is 0.267 e. The van der Waals surface area contributed by atoms with Crippen molar-refractivity contribution >= 4 is 10.0 Å². The molecule has 106 valence electrons. The summed E-state index contributed by atoms with van der Waals surface area (Å²) in [5.41, 5.74) is 1.37. The van der Waals surface area contributed by atoms with E-state index in [1.807, 2.05) is 6.92 Å². The first-order valence-electron chi connectivity index (χ1n) is 6.01. The lowest BCUT2D eigenvalue weighted by molar-refractivity contribution is -0.479. The Labute approximate surface area is 116 Å². The van der Waals surface area contributed by atoms with E-state index >= 15 is 0 Å². The summed E-state index contributed by atoms with van der Waals surface area (Å²) in [5.74, 6) is 0. The highest BCUT2D eigenvalue weighted by atomic mass is 32.2. The Hall–Kier alpha value is -2.15. The molecule has 1 heterocycles. The molecule has 0 N–H and O–H groups in total. The SMILES string of the molecule is Cc1ccc(S(=O)(=O)n2cccc2CC[N+](=O)[O-])cc1. The van der Waals surface area contributed by atoms with Crippen LogP contribution in [0.4, 0.5) is 0 Å². The molecular formula is C13H14N2O4S. The van der Waals surface area contributed by atoms with E-state index in [1.165, 1.54) is 18.3 Å². The molecule has 2 aromatic rings. The lowest BCUT2D eigenvalue weighted by Gasteiger charge is -2.09. The second-order valence-corrected chi connectivity index (χ2v) is 6.23. The standard InChI is InChI=1S/C13H14N2O4S/c1-11-4-6-13(7-5-11)20(18,19)14-9-2-3-12(14)8-10-15(16)17/h2-7,9H,8,10H2,1H3. The van der Waals surface area contributed by atoms with Crippen LogP contribution in [0.1, 0.15) is 11.3 Å². The molecular weight excluding hydrogens is 280 g/mol. The fraction of sp³-hybridized carbons (Fsp3) is 0.231. The summed E-state index contributed by atoms with van der Waals surface area (Å²) in [4.78, 5) is 10.1. The Balaban J connectivity index is 2.37. The first kappa shape index (κ1) is 14.3. The molecule has 7 heteroatoms. The minimum Gasteiger partial charge on any atom is -0.265 e. The molecule has 0 radical (unpaired) electrons. The average molecular weight is 294 g/mol. The molecule has 2 rings (SSSR count). The molecule has 20 heavy (non-hydrogen) atoms. The molecule has 0 fully saturated rings. The van der Waals surface area contributed by atoms with Crippen LogP contribution in [0.2, 0.25) is 0 Å². The van der Waals surface area contributed by atoms with Gasteiger partial charge in [0.1, 0.15) is 0 Å². The first-order chi connectivity index (χ1) is 9.41. The predicted molar refractivity (Wildman–Crippen MR) is 73.8 cm³/mol. The zero-order valence-corrected chi connectivity index (χ0v) is 11.7. The Bertz CT molecular complexity index is 717. The Morgan fingerprint density at radius 2 is 1.85 bits per heavy atom. The van der Waals surface area contributed by atoms with E-state index in [2.05, 4.69) is 0 Å². The van der Waals surface area contributed by atoms with Crippen LogP contribution in [-0.2, 0) is 16.4 Å². The van der Waals surface area contributed by atoms with Crippen molar-refractivity contribution < 1.29 is 13.3 Å². The van der Waals surface area contributed by atoms with Crippen molar-refractivity contribution in [1.82, 2.24) is 3.97 Å². The number of hydrogen-bond acceptors (Lipinski definition) is 4. The minimum absolute atomic E-state index is 0.0745. The van der Waals surface area contributed by atoms with E-state index in [-0.39, 0.29) is 17.9 Å². The third-order valence-electron chi connectivity index (χ3n) is 2.92. The number of aromatic nitrogens is 1. The van der Waals surface area contributed by atoms with Gasteiger partial charge in [-0.2, -0.15) is 0 Å². The first-order valence-corrected chi connectivity index (χ1v) is 7.45. The minimum atomic E-state index is -3.70. The summed E-state index contributed by atoms with van der Waals surface area (Å²) in [5, 5.41) is 10.4. The van der Waals surface area contributed by atoms with Crippen LogP contribution in [0, 0.1) is 17.0 Å². The van der Waals surface area contributed by atoms with Gasteiger partial charge in [-0.3, -0.25) is 10.1 Å². The zero-order valence-electron chi connectivity index (χ0n) is 10.9. The van der Waals surface area contributed by atoms with Gasteiger partial charge in [-0.05, 0) is 31.2 Å². The second kappa shape index (κ2) is 5.46. The van der Waals surface area contributed by atoms with Crippen molar-refractivity contribution in [3.8, 4) is 0 Å². The van der Waals surface area contributed by atoms with Gasteiger partial charge in [-0.25, -0.2) is 12.4 Å². The van der Waals surface area contributed by atoms with Crippen LogP contribution in [0.25, 0.3) is 0 Å². The monoisotopic (exact) mass is 294 g/mol. The largest absolute Gasteiger partial charge is 0.267 e. The van der Waals surface area contributed by atoms with E-state index in [1.54, 1.807) is 24.3 Å². The van der Waals surface area contributed by atoms with E-state index in [9.17, 15) is 18.5 Å². The van der Waals surface area contributed by atoms with Gasteiger partial charge in [-0.15, -0.1) is 0 Å². The Morgan fingerprint density at radius 3 is 2.45 bits per heavy atom. The van der Waals surface area contributed by atoms with Gasteiger partial charge in [-0.1, -0.05) is 17.7 Å². The van der Waals surface area contributed by atoms with Crippen molar-refractivity contribution in [2.24, 2.45) is 0 Å². The third kappa shape index (κ3) is 2.88. The molecule has 0 spiro atoms. The predicted octanol–water partition coefficient (Wildman–Crippen LogP) is 1.85. The molecule has 0 atom stereocenters. The fourth-order valence-electron chi connectivity index (χ4n) is 1.86. The summed E-state index contributed by atoms with van der Waals surface area (Å²) in [6.45, 7) is 1.57. The molecule has 1 aromatic carbocycles. The third-order valence-corrected chi connectivity index (χ3v) is 4.66. The summed E-state index contributed by atoms with van der Waals surface area (Å²) in [6.07, 6.45) is 1.48. The van der Waals surface area contributed by atoms with Crippen LogP contribution >= 0.6 is 0 Å². The van der Waals surface area contributed by atoms with Crippen molar-refractivity contribution in [3.63, 3.8) is 0 Å². The van der Waals surface area contributed by atoms with E-state index in [4.69, 9.17) is 0 Å². The van der Waals surface area contributed by atoms with E-state index in [0.717, 1.165) is 9.54 Å². The van der Waals surface area contributed by atoms with Gasteiger partial charge in [0.25, 0.3) is 10.0 Å². The summed E-state index contributed by atoms with van der Waals surface area (Å²) in [7, 11) is -3.70. The van der Waals surface area contributed by atoms with Crippen molar-refractivity contribution in [2.45, 2.75) is 18.2 Å². The van der Waals surface area contributed by atoms with Crippen molar-refractivity contribution in [1.29, 1.82) is 0 Å². The molecule has 1 aromatic heterocycles. The molecule has 0 amide bonds. The number of aryl methyl sites for hydroxylation is 1. The van der Waals surface area contributed by atoms with Gasteiger partial charge < -0.3 is 0 Å².